The first-order valence-corrected chi connectivity index (χ1v) is 42.5. The van der Waals surface area contributed by atoms with Crippen molar-refractivity contribution in [3.05, 3.63) is 60.7 Å². The molecule has 606 valence electrons. The molecule has 0 radical (unpaired) electrons. The smallest absolute Gasteiger partial charge is 0.462 e. The Morgan fingerprint density at radius 2 is 0.953 bits per heavy atom. The lowest BCUT2D eigenvalue weighted by Crippen LogP contribution is -2.67. The Morgan fingerprint density at radius 1 is 0.538 bits per heavy atom. The van der Waals surface area contributed by atoms with Crippen LogP contribution in [0.4, 0.5) is 9.59 Å². The van der Waals surface area contributed by atoms with Crippen molar-refractivity contribution in [1.82, 2.24) is 10.6 Å². The average molecular weight is 1640 g/mol. The van der Waals surface area contributed by atoms with Gasteiger partial charge in [-0.25, -0.2) is 14.2 Å². The Labute approximate surface area is 660 Å². The molecule has 3 rings (SSSR count). The quantitative estimate of drug-likeness (QED) is 0.0182. The van der Waals surface area contributed by atoms with E-state index < -0.39 is 138 Å². The van der Waals surface area contributed by atoms with Gasteiger partial charge in [0.25, 0.3) is 0 Å². The summed E-state index contributed by atoms with van der Waals surface area (Å²) in [5, 5.41) is 4.81. The molecule has 0 bridgehead atoms. The number of para-hydroxylation sites is 2. The number of phosphoric ester groups is 1. The molecule has 106 heavy (non-hydrogen) atoms. The van der Waals surface area contributed by atoms with Gasteiger partial charge in [-0.1, -0.05) is 313 Å². The van der Waals surface area contributed by atoms with Crippen LogP contribution in [0.3, 0.4) is 0 Å². The molecule has 0 spiro atoms. The third kappa shape index (κ3) is 44.1. The van der Waals surface area contributed by atoms with Gasteiger partial charge in [-0.05, 0) is 76.6 Å². The van der Waals surface area contributed by atoms with Crippen molar-refractivity contribution in [2.45, 2.75) is 348 Å². The zero-order valence-electron chi connectivity index (χ0n) is 63.4. The highest BCUT2D eigenvalue weighted by molar-refractivity contribution is 7.49. The number of nitrogens with one attached hydrogen (secondary N) is 2. The number of esters is 3. The Morgan fingerprint density at radius 3 is 1.38 bits per heavy atom. The lowest BCUT2D eigenvalue weighted by atomic mass is 9.96. The Bertz CT molecular complexity index is 2770. The van der Waals surface area contributed by atoms with Crippen molar-refractivity contribution in [2.75, 3.05) is 19.8 Å². The number of benzene rings is 2. The number of hydrogen-bond donors (Lipinski definition) is 3. The van der Waals surface area contributed by atoms with Crippen LogP contribution < -0.4 is 25.4 Å². The predicted octanol–water partition coefficient (Wildman–Crippen LogP) is 20.8. The van der Waals surface area contributed by atoms with Gasteiger partial charge in [0.15, 0.2) is 18.0 Å². The predicted molar refractivity (Wildman–Crippen MR) is 416 cm³/mol. The van der Waals surface area contributed by atoms with Gasteiger partial charge in [0.1, 0.15) is 61.2 Å². The van der Waals surface area contributed by atoms with Crippen LogP contribution in [-0.2, 0) is 71.0 Å². The zero-order chi connectivity index (χ0) is 78.1. The second kappa shape index (κ2) is 55.4. The number of phosphoric acid groups is 1. The number of alkyl carbamates (subject to hydrolysis) is 1. The summed E-state index contributed by atoms with van der Waals surface area (Å²) in [6, 6.07) is 11.7. The van der Waals surface area contributed by atoms with Crippen molar-refractivity contribution < 1.29 is 89.6 Å². The van der Waals surface area contributed by atoms with Gasteiger partial charge in [-0.15, -0.1) is 0 Å². The van der Waals surface area contributed by atoms with Crippen LogP contribution >= 0.6 is 77.4 Å². The number of imide groups is 1. The Balaban J connectivity index is 2.19. The number of nitrogens with two attached hydrogens (primary N) is 1. The molecule has 1 saturated heterocycles. The van der Waals surface area contributed by atoms with Crippen LogP contribution in [0, 0.1) is 0 Å². The van der Waals surface area contributed by atoms with E-state index in [0.29, 0.717) is 32.1 Å². The summed E-state index contributed by atoms with van der Waals surface area (Å²) in [6.07, 6.45) is 18.9. The number of ether oxygens (including phenoxy) is 8. The zero-order valence-corrected chi connectivity index (χ0v) is 68.9. The van der Waals surface area contributed by atoms with Crippen LogP contribution in [0.5, 0.6) is 11.5 Å². The van der Waals surface area contributed by atoms with E-state index in [2.05, 4.69) is 38.3 Å². The van der Waals surface area contributed by atoms with Crippen molar-refractivity contribution in [3.8, 4) is 11.5 Å². The highest BCUT2D eigenvalue weighted by Gasteiger charge is 2.55. The van der Waals surface area contributed by atoms with E-state index >= 15 is 9.36 Å². The summed E-state index contributed by atoms with van der Waals surface area (Å²) < 4.78 is 77.6. The van der Waals surface area contributed by atoms with E-state index in [4.69, 9.17) is 127 Å². The van der Waals surface area contributed by atoms with Gasteiger partial charge < -0.3 is 58.0 Å². The van der Waals surface area contributed by atoms with Crippen LogP contribution in [0.15, 0.2) is 60.7 Å². The van der Waals surface area contributed by atoms with E-state index in [0.717, 1.165) is 167 Å². The van der Waals surface area contributed by atoms with Gasteiger partial charge in [-0.2, -0.15) is 0 Å². The minimum Gasteiger partial charge on any atom is -0.462 e. The van der Waals surface area contributed by atoms with Gasteiger partial charge in [-0.3, -0.25) is 33.8 Å². The molecule has 0 aliphatic carbocycles. The molecule has 0 saturated carbocycles. The minimum atomic E-state index is -5.21. The highest BCUT2D eigenvalue weighted by Crippen LogP contribution is 2.53. The molecular formula is C77H122Cl6N3O19P. The minimum absolute atomic E-state index is 0.0546. The van der Waals surface area contributed by atoms with Crippen molar-refractivity contribution in [2.24, 2.45) is 5.73 Å². The number of unbranched alkanes of at least 4 members (excludes halogenated alkanes) is 28. The largest absolute Gasteiger partial charge is 0.588 e. The van der Waals surface area contributed by atoms with E-state index in [1.165, 1.54) is 51.0 Å². The lowest BCUT2D eigenvalue weighted by molar-refractivity contribution is -0.271. The topological polar surface area (TPSA) is 288 Å². The average Bonchev–Trinajstić information content (AvgIpc) is 0.772. The van der Waals surface area contributed by atoms with E-state index in [1.54, 1.807) is 36.4 Å². The fourth-order valence-corrected chi connectivity index (χ4v) is 13.4. The van der Waals surface area contributed by atoms with Crippen LogP contribution in [-0.4, -0.2) is 124 Å². The first-order valence-electron chi connectivity index (χ1n) is 38.8. The van der Waals surface area contributed by atoms with Crippen LogP contribution in [0.1, 0.15) is 286 Å². The third-order valence-corrected chi connectivity index (χ3v) is 20.9. The Hall–Kier alpha value is -4.06. The molecular weight excluding hydrogens is 1510 g/mol. The molecule has 3 amide bonds. The second-order valence-electron chi connectivity index (χ2n) is 27.8. The summed E-state index contributed by atoms with van der Waals surface area (Å²) in [5.74, 6) is -4.02. The van der Waals surface area contributed by atoms with Gasteiger partial charge in [0.05, 0.1) is 19.4 Å². The van der Waals surface area contributed by atoms with Crippen LogP contribution in [0.25, 0.3) is 0 Å². The summed E-state index contributed by atoms with van der Waals surface area (Å²) in [6.45, 7) is 8.50. The molecule has 29 heteroatoms. The molecule has 1 aliphatic rings. The molecule has 1 aliphatic heterocycles. The maximum Gasteiger partial charge on any atom is 0.588 e. The number of carbonyl (C=O) groups is 7. The molecule has 4 N–H and O–H groups in total. The number of alkyl halides is 6. The fourth-order valence-electron chi connectivity index (χ4n) is 11.7. The van der Waals surface area contributed by atoms with Crippen molar-refractivity contribution >= 4 is 119 Å². The number of halogens is 6. The number of amides is 3. The number of hydrogen-bond acceptors (Lipinski definition) is 20. The molecule has 0 unspecified atom stereocenters. The summed E-state index contributed by atoms with van der Waals surface area (Å²) >= 11 is 36.8. The van der Waals surface area contributed by atoms with Crippen LogP contribution in [0.2, 0.25) is 0 Å². The summed E-state index contributed by atoms with van der Waals surface area (Å²) in [5.41, 5.74) is 4.68. The monoisotopic (exact) mass is 1630 g/mol. The van der Waals surface area contributed by atoms with Gasteiger partial charge in [0.2, 0.25) is 19.4 Å². The van der Waals surface area contributed by atoms with E-state index in [1.807, 2.05) is 0 Å². The van der Waals surface area contributed by atoms with Crippen molar-refractivity contribution in [3.63, 3.8) is 0 Å². The molecule has 2 aromatic rings. The lowest BCUT2D eigenvalue weighted by Gasteiger charge is -2.45. The fraction of sp³-hybridized carbons (Fsp3) is 0.753. The Kier molecular flexibility index (Phi) is 50.2. The van der Waals surface area contributed by atoms with Crippen molar-refractivity contribution in [1.29, 1.82) is 0 Å². The standard InChI is InChI=1S/C77H122Cl6N3O19P/c1-7-11-15-19-23-25-29-31-37-49-60(98-65(88)51-43-33-27-21-17-13-9-3)53-64(87)85-71(91)62(84)55-95-72-68(86-73(92)97-57-76(78,79)80)70(101-67(90)54-61(50-38-32-30-26-24-20-16-12-8-2)99-66(89)52-44-34-28-22-18-14-10-4)69(63(100-72)56-96-74(93)102-75(5,6)77(81,82)83)105-106(94,103-58-45-39-35-40-46-58)104-59-47-41-36-42-48-59/h35-36,39-42,45-48,60-63,68-70,72H,7-34,37-38,43-44,49-57,84H2,1-6H3,(H,86,92)(H,85,87,91)/t60-,61-,62+,63-,68-,69-,70-,72-/m1/s1. The molecule has 2 aromatic carbocycles. The summed E-state index contributed by atoms with van der Waals surface area (Å²) in [7, 11) is -5.21. The van der Waals surface area contributed by atoms with Gasteiger partial charge in [0, 0.05) is 12.8 Å². The third-order valence-electron chi connectivity index (χ3n) is 17.8. The number of carbonyl (C=O) groups excluding carboxylic acids is 7. The molecule has 8 atom stereocenters. The first kappa shape index (κ1) is 96.1. The molecule has 1 heterocycles. The molecule has 1 fully saturated rings. The molecule has 0 aromatic heterocycles. The first-order chi connectivity index (χ1) is 50.6. The number of rotatable bonds is 58. The maximum absolute atomic E-state index is 15.7. The second-order valence-corrected chi connectivity index (χ2v) is 34.1. The van der Waals surface area contributed by atoms with E-state index in [9.17, 15) is 28.8 Å². The maximum atomic E-state index is 15.7. The molecule has 22 nitrogen and oxygen atoms in total. The van der Waals surface area contributed by atoms with Gasteiger partial charge >= 0.3 is 38.0 Å². The normalized spacial score (nSPS) is 17.1. The highest BCUT2D eigenvalue weighted by atomic mass is 35.6. The summed E-state index contributed by atoms with van der Waals surface area (Å²) in [4.78, 5) is 98.1. The SMILES string of the molecule is CCCCCCCCCCC[C@H](CC(=O)NC(=O)[C@@H](N)CO[C@@H]1O[C@H](COC(=O)OC(C)(C)C(Cl)(Cl)Cl)[C@@H](OP(=O)(Oc2ccccc2)Oc2ccccc2)[C@H](OC(=O)C[C@@H](CCCCCCCCCCC)OC(=O)CCCCCCCCC)[C@H]1NC(=O)OCC(Cl)(Cl)Cl)OC(=O)CCCCCCCCC. The van der Waals surface area contributed by atoms with E-state index in [-0.39, 0.29) is 37.2 Å².